The Balaban J connectivity index is 2.22. The zero-order valence-electron chi connectivity index (χ0n) is 10.0. The minimum absolute atomic E-state index is 0.285. The standard InChI is InChI=1S/C14H16BrNO/c1-10-12(7-8-17-10)14(16-2)9-11-5-3-4-6-13(11)15/h3-8,14,16H,9H2,1-2H3. The highest BCUT2D eigenvalue weighted by Gasteiger charge is 2.15. The molecule has 0 radical (unpaired) electrons. The second-order valence-electron chi connectivity index (χ2n) is 4.07. The molecule has 1 aromatic heterocycles. The van der Waals surface area contributed by atoms with Gasteiger partial charge in [0.2, 0.25) is 0 Å². The summed E-state index contributed by atoms with van der Waals surface area (Å²) in [6.07, 6.45) is 2.69. The highest BCUT2D eigenvalue weighted by molar-refractivity contribution is 9.10. The van der Waals surface area contributed by atoms with Gasteiger partial charge in [-0.05, 0) is 38.1 Å². The first-order chi connectivity index (χ1) is 8.22. The maximum absolute atomic E-state index is 5.36. The van der Waals surface area contributed by atoms with Crippen LogP contribution in [0.25, 0.3) is 0 Å². The molecule has 1 atom stereocenters. The number of nitrogens with one attached hydrogen (secondary N) is 1. The van der Waals surface area contributed by atoms with Crippen molar-refractivity contribution in [1.82, 2.24) is 5.32 Å². The van der Waals surface area contributed by atoms with Crippen molar-refractivity contribution >= 4 is 15.9 Å². The van der Waals surface area contributed by atoms with E-state index in [9.17, 15) is 0 Å². The Morgan fingerprint density at radius 3 is 2.65 bits per heavy atom. The number of hydrogen-bond donors (Lipinski definition) is 1. The molecule has 0 aliphatic rings. The van der Waals surface area contributed by atoms with Crippen LogP contribution < -0.4 is 5.32 Å². The van der Waals surface area contributed by atoms with Gasteiger partial charge in [0.15, 0.2) is 0 Å². The molecule has 0 spiro atoms. The summed E-state index contributed by atoms with van der Waals surface area (Å²) in [6, 6.07) is 10.6. The van der Waals surface area contributed by atoms with Crippen LogP contribution in [0.3, 0.4) is 0 Å². The first-order valence-electron chi connectivity index (χ1n) is 5.67. The first kappa shape index (κ1) is 12.4. The van der Waals surface area contributed by atoms with Gasteiger partial charge in [-0.1, -0.05) is 34.1 Å². The van der Waals surface area contributed by atoms with E-state index in [1.807, 2.05) is 26.1 Å². The summed E-state index contributed by atoms with van der Waals surface area (Å²) in [5.41, 5.74) is 2.52. The minimum atomic E-state index is 0.285. The van der Waals surface area contributed by atoms with E-state index in [4.69, 9.17) is 4.42 Å². The Bertz CT molecular complexity index is 492. The van der Waals surface area contributed by atoms with E-state index in [0.717, 1.165) is 16.7 Å². The van der Waals surface area contributed by atoms with Gasteiger partial charge in [-0.15, -0.1) is 0 Å². The van der Waals surface area contributed by atoms with Gasteiger partial charge in [0.25, 0.3) is 0 Å². The lowest BCUT2D eigenvalue weighted by atomic mass is 9.99. The quantitative estimate of drug-likeness (QED) is 0.926. The molecule has 2 nitrogen and oxygen atoms in total. The molecule has 0 aliphatic carbocycles. The zero-order valence-corrected chi connectivity index (χ0v) is 11.6. The zero-order chi connectivity index (χ0) is 12.3. The molecule has 0 amide bonds. The molecule has 1 unspecified atom stereocenters. The molecule has 0 saturated heterocycles. The second kappa shape index (κ2) is 5.52. The molecule has 1 aromatic carbocycles. The SMILES string of the molecule is CNC(Cc1ccccc1Br)c1ccoc1C. The highest BCUT2D eigenvalue weighted by atomic mass is 79.9. The van der Waals surface area contributed by atoms with Crippen molar-refractivity contribution in [2.45, 2.75) is 19.4 Å². The van der Waals surface area contributed by atoms with Gasteiger partial charge in [-0.2, -0.15) is 0 Å². The van der Waals surface area contributed by atoms with Crippen molar-refractivity contribution < 1.29 is 4.42 Å². The Hall–Kier alpha value is -1.06. The molecule has 1 heterocycles. The van der Waals surface area contributed by atoms with Gasteiger partial charge in [0.1, 0.15) is 5.76 Å². The van der Waals surface area contributed by atoms with E-state index < -0.39 is 0 Å². The van der Waals surface area contributed by atoms with Crippen LogP contribution in [0.2, 0.25) is 0 Å². The largest absolute Gasteiger partial charge is 0.469 e. The smallest absolute Gasteiger partial charge is 0.105 e. The van der Waals surface area contributed by atoms with Crippen LogP contribution in [-0.2, 0) is 6.42 Å². The summed E-state index contributed by atoms with van der Waals surface area (Å²) in [6.45, 7) is 2.00. The normalized spacial score (nSPS) is 12.6. The van der Waals surface area contributed by atoms with Gasteiger partial charge in [0, 0.05) is 16.1 Å². The predicted octanol–water partition coefficient (Wildman–Crippen LogP) is 3.85. The summed E-state index contributed by atoms with van der Waals surface area (Å²) >= 11 is 3.58. The van der Waals surface area contributed by atoms with Gasteiger partial charge in [-0.25, -0.2) is 0 Å². The van der Waals surface area contributed by atoms with Crippen LogP contribution in [-0.4, -0.2) is 7.05 Å². The predicted molar refractivity (Wildman–Crippen MR) is 73.1 cm³/mol. The van der Waals surface area contributed by atoms with Gasteiger partial charge in [-0.3, -0.25) is 0 Å². The Morgan fingerprint density at radius 2 is 2.06 bits per heavy atom. The summed E-state index contributed by atoms with van der Waals surface area (Å²) in [4.78, 5) is 0. The van der Waals surface area contributed by atoms with E-state index in [-0.39, 0.29) is 6.04 Å². The molecule has 3 heteroatoms. The fourth-order valence-electron chi connectivity index (χ4n) is 2.01. The summed E-state index contributed by atoms with van der Waals surface area (Å²) < 4.78 is 6.52. The molecule has 2 rings (SSSR count). The number of aryl methyl sites for hydroxylation is 1. The molecule has 0 saturated carbocycles. The lowest BCUT2D eigenvalue weighted by Crippen LogP contribution is -2.19. The molecular weight excluding hydrogens is 278 g/mol. The van der Waals surface area contributed by atoms with E-state index >= 15 is 0 Å². The number of benzene rings is 1. The molecule has 0 fully saturated rings. The fourth-order valence-corrected chi connectivity index (χ4v) is 2.45. The van der Waals surface area contributed by atoms with Crippen molar-refractivity contribution in [3.8, 4) is 0 Å². The first-order valence-corrected chi connectivity index (χ1v) is 6.46. The lowest BCUT2D eigenvalue weighted by molar-refractivity contribution is 0.512. The van der Waals surface area contributed by atoms with Gasteiger partial charge in [0.05, 0.1) is 6.26 Å². The van der Waals surface area contributed by atoms with E-state index in [0.29, 0.717) is 0 Å². The maximum atomic E-state index is 5.36. The third kappa shape index (κ3) is 2.79. The van der Waals surface area contributed by atoms with Crippen LogP contribution in [0.5, 0.6) is 0 Å². The summed E-state index contributed by atoms with van der Waals surface area (Å²) in [5, 5.41) is 3.34. The fraction of sp³-hybridized carbons (Fsp3) is 0.286. The topological polar surface area (TPSA) is 25.2 Å². The number of likely N-dealkylation sites (N-methyl/N-ethyl adjacent to an activating group) is 1. The third-order valence-electron chi connectivity index (χ3n) is 3.00. The van der Waals surface area contributed by atoms with Crippen molar-refractivity contribution in [1.29, 1.82) is 0 Å². The third-order valence-corrected chi connectivity index (χ3v) is 3.78. The monoisotopic (exact) mass is 293 g/mol. The number of rotatable bonds is 4. The average Bonchev–Trinajstić information content (AvgIpc) is 2.75. The number of hydrogen-bond acceptors (Lipinski definition) is 2. The minimum Gasteiger partial charge on any atom is -0.469 e. The molecule has 0 bridgehead atoms. The van der Waals surface area contributed by atoms with E-state index in [2.05, 4.69) is 39.4 Å². The van der Waals surface area contributed by atoms with Crippen LogP contribution in [0.15, 0.2) is 45.5 Å². The lowest BCUT2D eigenvalue weighted by Gasteiger charge is -2.16. The Kier molecular flexibility index (Phi) is 4.02. The molecule has 2 aromatic rings. The molecular formula is C14H16BrNO. The van der Waals surface area contributed by atoms with Crippen molar-refractivity contribution in [2.75, 3.05) is 7.05 Å². The van der Waals surface area contributed by atoms with Crippen LogP contribution >= 0.6 is 15.9 Å². The van der Waals surface area contributed by atoms with Crippen LogP contribution in [0.4, 0.5) is 0 Å². The molecule has 1 N–H and O–H groups in total. The number of halogens is 1. The van der Waals surface area contributed by atoms with E-state index in [1.165, 1.54) is 11.1 Å². The van der Waals surface area contributed by atoms with Crippen molar-refractivity contribution in [3.63, 3.8) is 0 Å². The summed E-state index contributed by atoms with van der Waals surface area (Å²) in [5.74, 6) is 0.983. The van der Waals surface area contributed by atoms with Crippen LogP contribution in [0.1, 0.15) is 22.9 Å². The van der Waals surface area contributed by atoms with Crippen molar-refractivity contribution in [3.05, 3.63) is 58.0 Å². The molecule has 90 valence electrons. The second-order valence-corrected chi connectivity index (χ2v) is 4.92. The average molecular weight is 294 g/mol. The number of furan rings is 1. The summed E-state index contributed by atoms with van der Waals surface area (Å²) in [7, 11) is 1.98. The van der Waals surface area contributed by atoms with Gasteiger partial charge >= 0.3 is 0 Å². The van der Waals surface area contributed by atoms with E-state index in [1.54, 1.807) is 6.26 Å². The molecule has 0 aliphatic heterocycles. The Morgan fingerprint density at radius 1 is 1.29 bits per heavy atom. The van der Waals surface area contributed by atoms with Crippen LogP contribution in [0, 0.1) is 6.92 Å². The highest BCUT2D eigenvalue weighted by Crippen LogP contribution is 2.25. The molecule has 17 heavy (non-hydrogen) atoms. The van der Waals surface area contributed by atoms with Gasteiger partial charge < -0.3 is 9.73 Å². The maximum Gasteiger partial charge on any atom is 0.105 e. The van der Waals surface area contributed by atoms with Crippen molar-refractivity contribution in [2.24, 2.45) is 0 Å². The Labute approximate surface area is 110 Å².